The molecule has 3 fully saturated rings. The second kappa shape index (κ2) is 41.4. The first-order valence-corrected chi connectivity index (χ1v) is 36.0. The minimum absolute atomic E-state index is 0.0153. The Bertz CT molecular complexity index is 4210. The van der Waals surface area contributed by atoms with Crippen LogP contribution in [0.25, 0.3) is 0 Å². The topological polar surface area (TPSA) is 258 Å². The minimum atomic E-state index is -4.99. The van der Waals surface area contributed by atoms with Crippen molar-refractivity contribution in [2.24, 2.45) is 5.92 Å². The third-order valence-electron chi connectivity index (χ3n) is 17.0. The van der Waals surface area contributed by atoms with Crippen LogP contribution in [0, 0.1) is 5.92 Å². The SMILES string of the molecule is CCCCC(=O)c1cc(OC(F)(F)F)ccc1OC1CCC(NC(=O)Nc2cccc(OC(F)(F)F)c2)CC1.CCCNC(=O)c1cc(OC(F)(F)F)ccc1OC1CCC(CC(=O)Cc2cccc(OC(F)(F)F)c2)C1.CCCNC(=O)c1cc(OC2CCC(NC(=O)Nc3cccc(OC(F)(F)F)c3)C2)ccc1OC(F)(F)F. The van der Waals surface area contributed by atoms with Gasteiger partial charge in [-0.1, -0.05) is 51.5 Å². The number of hydrogen-bond donors (Lipinski definition) is 6. The Morgan fingerprint density at radius 1 is 0.383 bits per heavy atom. The molecule has 6 aromatic carbocycles. The molecule has 39 heteroatoms. The summed E-state index contributed by atoms with van der Waals surface area (Å²) >= 11 is 0. The van der Waals surface area contributed by atoms with Crippen LogP contribution < -0.4 is 74.5 Å². The van der Waals surface area contributed by atoms with Crippen molar-refractivity contribution in [1.29, 1.82) is 0 Å². The Labute approximate surface area is 646 Å². The van der Waals surface area contributed by atoms with E-state index in [2.05, 4.69) is 60.3 Å². The summed E-state index contributed by atoms with van der Waals surface area (Å²) in [7, 11) is 0. The zero-order chi connectivity index (χ0) is 84.5. The highest BCUT2D eigenvalue weighted by molar-refractivity contribution is 5.99. The Morgan fingerprint density at radius 2 is 0.783 bits per heavy atom. The lowest BCUT2D eigenvalue weighted by atomic mass is 9.93. The van der Waals surface area contributed by atoms with Crippen molar-refractivity contribution in [3.63, 3.8) is 0 Å². The van der Waals surface area contributed by atoms with Crippen LogP contribution in [0.5, 0.6) is 51.7 Å². The smallest absolute Gasteiger partial charge is 0.490 e. The molecule has 6 N–H and O–H groups in total. The van der Waals surface area contributed by atoms with Crippen molar-refractivity contribution in [3.05, 3.63) is 150 Å². The van der Waals surface area contributed by atoms with Gasteiger partial charge in [-0.15, -0.1) is 79.0 Å². The standard InChI is InChI=1S/C26H28F6N2O5.C26H27F6NO5.C24H25F6N3O5/c1-2-3-7-22(35)21-15-20(39-26(30,31)32)12-13-23(21)37-18-10-8-16(9-11-18)33-24(36)34-17-5-4-6-19(14-17)38-25(27,28)29;1-2-10-33-24(35)22-15-21(38-26(30,31)32)8-9-23(22)36-19-7-6-17(13-19)12-18(34)11-16-4-3-5-20(14-16)37-25(27,28)29;1-2-10-31-21(34)19-13-17(8-9-20(19)38-24(28,29)30)36-16-7-6-15(11-16)33-22(35)32-14-4-3-5-18(12-14)37-23(25,26)27/h4-6,12-16,18H,2-3,7-11H2,1H3,(H2,33,34,36);3-5,8-9,14-15,17,19H,2,6-7,10-13H2,1H3,(H,33,35);3-5,8-9,12-13,15-16H,2,6-7,10-11H2,1H3,(H,31,34)(H2,32,33,35). The highest BCUT2D eigenvalue weighted by Crippen LogP contribution is 2.39. The number of ether oxygens (including phenoxy) is 9. The predicted octanol–water partition coefficient (Wildman–Crippen LogP) is 19.5. The van der Waals surface area contributed by atoms with E-state index >= 15 is 0 Å². The van der Waals surface area contributed by atoms with Crippen molar-refractivity contribution in [2.45, 2.75) is 198 Å². The molecule has 0 radical (unpaired) electrons. The van der Waals surface area contributed by atoms with Crippen LogP contribution in [0.3, 0.4) is 0 Å². The summed E-state index contributed by atoms with van der Waals surface area (Å²) in [5.41, 5.74) is 0.181. The fourth-order valence-corrected chi connectivity index (χ4v) is 12.2. The molecule has 4 atom stereocenters. The number of ketones is 2. The Balaban J connectivity index is 0.000000239. The molecular weight excluding hydrogens is 1580 g/mol. The maximum atomic E-state index is 12.8. The number of carbonyl (C=O) groups is 6. The average molecular weight is 1660 g/mol. The Hall–Kier alpha value is -10.9. The van der Waals surface area contributed by atoms with Crippen molar-refractivity contribution < 1.29 is 150 Å². The second-order valence-corrected chi connectivity index (χ2v) is 26.4. The third kappa shape index (κ3) is 34.0. The molecule has 4 unspecified atom stereocenters. The number of alkyl halides is 18. The Morgan fingerprint density at radius 3 is 1.29 bits per heavy atom. The first-order chi connectivity index (χ1) is 53.9. The van der Waals surface area contributed by atoms with Crippen LogP contribution in [-0.2, 0) is 11.2 Å². The van der Waals surface area contributed by atoms with E-state index in [0.29, 0.717) is 95.6 Å². The number of carbonyl (C=O) groups excluding carboxylic acids is 6. The van der Waals surface area contributed by atoms with Crippen LogP contribution in [-0.4, -0.2) is 117 Å². The lowest BCUT2D eigenvalue weighted by Crippen LogP contribution is -2.41. The average Bonchev–Trinajstić information content (AvgIpc) is 1.72. The maximum Gasteiger partial charge on any atom is 0.573 e. The highest BCUT2D eigenvalue weighted by atomic mass is 19.4. The molecule has 0 spiro atoms. The molecule has 0 aromatic heterocycles. The van der Waals surface area contributed by atoms with Gasteiger partial charge in [0.25, 0.3) is 11.8 Å². The van der Waals surface area contributed by atoms with Crippen LogP contribution in [0.2, 0.25) is 0 Å². The monoisotopic (exact) mass is 1660 g/mol. The predicted molar refractivity (Wildman–Crippen MR) is 376 cm³/mol. The highest BCUT2D eigenvalue weighted by Gasteiger charge is 2.39. The summed E-state index contributed by atoms with van der Waals surface area (Å²) in [6.45, 7) is 6.08. The van der Waals surface area contributed by atoms with Gasteiger partial charge < -0.3 is 74.5 Å². The lowest BCUT2D eigenvalue weighted by Gasteiger charge is -2.30. The summed E-state index contributed by atoms with van der Waals surface area (Å²) in [4.78, 5) is 74.8. The molecule has 9 rings (SSSR count). The molecule has 0 aliphatic heterocycles. The zero-order valence-corrected chi connectivity index (χ0v) is 61.5. The van der Waals surface area contributed by atoms with Crippen LogP contribution in [0.1, 0.15) is 160 Å². The van der Waals surface area contributed by atoms with Gasteiger partial charge in [0.05, 0.1) is 28.9 Å². The Kier molecular flexibility index (Phi) is 32.9. The maximum absolute atomic E-state index is 12.8. The van der Waals surface area contributed by atoms with Gasteiger partial charge in [0, 0.05) is 74.4 Å². The second-order valence-electron chi connectivity index (χ2n) is 26.4. The quantitative estimate of drug-likeness (QED) is 0.0181. The van der Waals surface area contributed by atoms with Crippen molar-refractivity contribution in [1.82, 2.24) is 21.3 Å². The van der Waals surface area contributed by atoms with Crippen LogP contribution >= 0.6 is 0 Å². The molecule has 3 saturated carbocycles. The molecular formula is C76H80F18N6O15. The van der Waals surface area contributed by atoms with Gasteiger partial charge in [-0.3, -0.25) is 19.2 Å². The third-order valence-corrected chi connectivity index (χ3v) is 17.0. The number of Topliss-reactive ketones (excluding diaryl/α,β-unsaturated/α-hetero) is 2. The first-order valence-electron chi connectivity index (χ1n) is 36.0. The number of urea groups is 2. The molecule has 115 heavy (non-hydrogen) atoms. The van der Waals surface area contributed by atoms with Crippen molar-refractivity contribution in [3.8, 4) is 51.7 Å². The fourth-order valence-electron chi connectivity index (χ4n) is 12.2. The molecule has 0 bridgehead atoms. The number of hydrogen-bond acceptors (Lipinski definition) is 15. The van der Waals surface area contributed by atoms with E-state index in [1.54, 1.807) is 13.0 Å². The molecule has 3 aliphatic carbocycles. The van der Waals surface area contributed by atoms with Crippen LogP contribution in [0.4, 0.5) is 100.0 Å². The summed E-state index contributed by atoms with van der Waals surface area (Å²) in [6.07, 6.45) is -22.7. The van der Waals surface area contributed by atoms with Gasteiger partial charge in [0.1, 0.15) is 63.6 Å². The molecule has 0 heterocycles. The van der Waals surface area contributed by atoms with Gasteiger partial charge in [-0.05, 0) is 180 Å². The summed E-state index contributed by atoms with van der Waals surface area (Å²) in [5.74, 6) is -4.56. The van der Waals surface area contributed by atoms with Gasteiger partial charge in [-0.25, -0.2) is 9.59 Å². The summed E-state index contributed by atoms with van der Waals surface area (Å²) < 4.78 is 267. The largest absolute Gasteiger partial charge is 0.573 e. The normalized spacial score (nSPS) is 17.6. The van der Waals surface area contributed by atoms with E-state index in [1.807, 2.05) is 13.8 Å². The molecule has 6 amide bonds. The molecule has 6 aromatic rings. The van der Waals surface area contributed by atoms with Gasteiger partial charge in [0.15, 0.2) is 5.78 Å². The van der Waals surface area contributed by atoms with E-state index in [1.165, 1.54) is 54.6 Å². The first kappa shape index (κ1) is 91.3. The lowest BCUT2D eigenvalue weighted by molar-refractivity contribution is -0.275. The number of benzene rings is 6. The van der Waals surface area contributed by atoms with E-state index in [4.69, 9.17) is 14.2 Å². The van der Waals surface area contributed by atoms with E-state index in [0.717, 1.165) is 73.2 Å². The number of halogens is 18. The number of rotatable bonds is 30. The number of anilines is 2. The van der Waals surface area contributed by atoms with Crippen molar-refractivity contribution in [2.75, 3.05) is 23.7 Å². The zero-order valence-electron chi connectivity index (χ0n) is 61.5. The van der Waals surface area contributed by atoms with E-state index in [9.17, 15) is 108 Å². The number of amides is 6. The summed E-state index contributed by atoms with van der Waals surface area (Å²) in [5, 5.41) is 15.5. The molecule has 3 aliphatic rings. The minimum Gasteiger partial charge on any atom is -0.490 e. The van der Waals surface area contributed by atoms with Crippen LogP contribution in [0.15, 0.2) is 127 Å². The number of nitrogens with one attached hydrogen (secondary N) is 6. The fraction of sp³-hybridized carbons (Fsp3) is 0.447. The number of unbranched alkanes of at least 4 members (excludes halogenated alkanes) is 1. The molecule has 630 valence electrons. The van der Waals surface area contributed by atoms with Crippen molar-refractivity contribution >= 4 is 46.8 Å². The summed E-state index contributed by atoms with van der Waals surface area (Å²) in [6, 6.07) is 23.2. The van der Waals surface area contributed by atoms with Gasteiger partial charge in [0.2, 0.25) is 0 Å². The van der Waals surface area contributed by atoms with E-state index < -0.39 is 103 Å². The molecule has 21 nitrogen and oxygen atoms in total. The van der Waals surface area contributed by atoms with E-state index in [-0.39, 0.29) is 113 Å². The van der Waals surface area contributed by atoms with Gasteiger partial charge in [-0.2, -0.15) is 0 Å². The molecule has 0 saturated heterocycles. The van der Waals surface area contributed by atoms with Gasteiger partial charge >= 0.3 is 50.2 Å².